The fourth-order valence-corrected chi connectivity index (χ4v) is 4.00. The predicted molar refractivity (Wildman–Crippen MR) is 103 cm³/mol. The minimum absolute atomic E-state index is 0.0373. The number of carbonyl (C=O) groups excluding carboxylic acids is 1. The maximum absolute atomic E-state index is 12.6. The molecule has 1 saturated heterocycles. The van der Waals surface area contributed by atoms with Crippen molar-refractivity contribution in [2.45, 2.75) is 13.0 Å². The highest BCUT2D eigenvalue weighted by Crippen LogP contribution is 2.27. The molecule has 0 saturated carbocycles. The zero-order valence-corrected chi connectivity index (χ0v) is 15.8. The van der Waals surface area contributed by atoms with E-state index in [1.54, 1.807) is 13.2 Å². The molecule has 0 aliphatic carbocycles. The topological polar surface area (TPSA) is 69.8 Å². The van der Waals surface area contributed by atoms with Gasteiger partial charge in [0.1, 0.15) is 16.8 Å². The van der Waals surface area contributed by atoms with Gasteiger partial charge in [0.15, 0.2) is 6.04 Å². The summed E-state index contributed by atoms with van der Waals surface area (Å²) in [6.07, 6.45) is 0. The molecule has 136 valence electrons. The Balaban J connectivity index is 1.59. The predicted octanol–water partition coefficient (Wildman–Crippen LogP) is 1.36. The highest BCUT2D eigenvalue weighted by molar-refractivity contribution is 7.14. The maximum Gasteiger partial charge on any atom is 0.283 e. The largest absolute Gasteiger partial charge is 0.495 e. The van der Waals surface area contributed by atoms with Crippen molar-refractivity contribution in [2.75, 3.05) is 43.5 Å². The highest BCUT2D eigenvalue weighted by Gasteiger charge is 2.30. The molecule has 1 amide bonds. The van der Waals surface area contributed by atoms with Crippen LogP contribution in [0.2, 0.25) is 0 Å². The Labute approximate surface area is 157 Å². The number of para-hydroxylation sites is 2. The van der Waals surface area contributed by atoms with Crippen molar-refractivity contribution >= 4 is 27.9 Å². The smallest absolute Gasteiger partial charge is 0.283 e. The molecule has 2 heterocycles. The normalized spacial score (nSPS) is 16.0. The summed E-state index contributed by atoms with van der Waals surface area (Å²) in [4.78, 5) is 16.1. The van der Waals surface area contributed by atoms with Crippen molar-refractivity contribution in [1.29, 1.82) is 5.26 Å². The Kier molecular flexibility index (Phi) is 5.76. The number of nitriles is 1. The number of benzene rings is 1. The van der Waals surface area contributed by atoms with Crippen LogP contribution in [0.4, 0.5) is 10.7 Å². The molecule has 6 nitrogen and oxygen atoms in total. The molecule has 0 bridgehead atoms. The number of carbonyl (C=O) groups is 1. The molecule has 0 radical (unpaired) electrons. The lowest BCUT2D eigenvalue weighted by molar-refractivity contribution is -0.914. The van der Waals surface area contributed by atoms with Gasteiger partial charge < -0.3 is 19.9 Å². The van der Waals surface area contributed by atoms with Gasteiger partial charge in [-0.1, -0.05) is 12.1 Å². The molecule has 7 heteroatoms. The SMILES string of the molecule is COc1ccccc1N1CC[NH+]([C@@H](C)C(=O)Nc2sccc2C#N)CC1. The molecule has 2 N–H and O–H groups in total. The van der Waals surface area contributed by atoms with E-state index < -0.39 is 0 Å². The Morgan fingerprint density at radius 2 is 2.08 bits per heavy atom. The van der Waals surface area contributed by atoms with E-state index in [1.165, 1.54) is 16.2 Å². The number of thiophene rings is 1. The lowest BCUT2D eigenvalue weighted by Gasteiger charge is -2.36. The van der Waals surface area contributed by atoms with E-state index in [-0.39, 0.29) is 11.9 Å². The summed E-state index contributed by atoms with van der Waals surface area (Å²) in [5.74, 6) is 0.841. The van der Waals surface area contributed by atoms with Crippen LogP contribution < -0.4 is 19.9 Å². The Morgan fingerprint density at radius 3 is 2.77 bits per heavy atom. The summed E-state index contributed by atoms with van der Waals surface area (Å²) >= 11 is 1.38. The molecule has 0 unspecified atom stereocenters. The van der Waals surface area contributed by atoms with Gasteiger partial charge in [0.05, 0.1) is 44.5 Å². The van der Waals surface area contributed by atoms with Crippen molar-refractivity contribution in [3.05, 3.63) is 41.3 Å². The minimum Gasteiger partial charge on any atom is -0.495 e. The Hall–Kier alpha value is -2.56. The quantitative estimate of drug-likeness (QED) is 0.833. The molecule has 1 aliphatic heterocycles. The second-order valence-corrected chi connectivity index (χ2v) is 7.22. The monoisotopic (exact) mass is 371 g/mol. The number of quaternary nitrogens is 1. The number of piperazine rings is 1. The number of hydrogen-bond donors (Lipinski definition) is 2. The average Bonchev–Trinajstić information content (AvgIpc) is 3.14. The van der Waals surface area contributed by atoms with Gasteiger partial charge in [-0.25, -0.2) is 0 Å². The molecule has 1 fully saturated rings. The van der Waals surface area contributed by atoms with Crippen molar-refractivity contribution in [2.24, 2.45) is 0 Å². The van der Waals surface area contributed by atoms with Crippen LogP contribution in [0.15, 0.2) is 35.7 Å². The van der Waals surface area contributed by atoms with E-state index >= 15 is 0 Å². The summed E-state index contributed by atoms with van der Waals surface area (Å²) in [6.45, 7) is 5.44. The average molecular weight is 371 g/mol. The van der Waals surface area contributed by atoms with E-state index in [0.29, 0.717) is 10.6 Å². The van der Waals surface area contributed by atoms with Gasteiger partial charge in [-0.3, -0.25) is 4.79 Å². The summed E-state index contributed by atoms with van der Waals surface area (Å²) in [5, 5.41) is 14.4. The molecular formula is C19H23N4O2S+. The number of amides is 1. The molecule has 1 atom stereocenters. The van der Waals surface area contributed by atoms with Gasteiger partial charge in [0, 0.05) is 0 Å². The van der Waals surface area contributed by atoms with Gasteiger partial charge in [-0.05, 0) is 30.5 Å². The standard InChI is InChI=1S/C19H22N4O2S/c1-14(18(24)21-19-15(13-20)7-12-26-19)22-8-10-23(11-9-22)16-5-3-4-6-17(16)25-2/h3-7,12,14H,8-11H2,1-2H3,(H,21,24)/p+1/t14-/m0/s1. The first-order valence-corrected chi connectivity index (χ1v) is 9.53. The van der Waals surface area contributed by atoms with Gasteiger partial charge in [0.2, 0.25) is 0 Å². The molecular weight excluding hydrogens is 348 g/mol. The zero-order chi connectivity index (χ0) is 18.5. The number of anilines is 2. The van der Waals surface area contributed by atoms with Crippen molar-refractivity contribution < 1.29 is 14.4 Å². The molecule has 3 rings (SSSR count). The van der Waals surface area contributed by atoms with Crippen molar-refractivity contribution in [3.8, 4) is 11.8 Å². The molecule has 2 aromatic rings. The zero-order valence-electron chi connectivity index (χ0n) is 15.0. The van der Waals surface area contributed by atoms with Crippen molar-refractivity contribution in [1.82, 2.24) is 0 Å². The fourth-order valence-electron chi connectivity index (χ4n) is 3.26. The molecule has 1 aromatic heterocycles. The van der Waals surface area contributed by atoms with Crippen LogP contribution in [-0.4, -0.2) is 45.2 Å². The van der Waals surface area contributed by atoms with E-state index in [2.05, 4.69) is 22.4 Å². The molecule has 1 aromatic carbocycles. The third kappa shape index (κ3) is 3.82. The van der Waals surface area contributed by atoms with Crippen LogP contribution in [0.1, 0.15) is 12.5 Å². The first-order chi connectivity index (χ1) is 12.6. The third-order valence-electron chi connectivity index (χ3n) is 4.86. The van der Waals surface area contributed by atoms with Gasteiger partial charge in [-0.15, -0.1) is 11.3 Å². The third-order valence-corrected chi connectivity index (χ3v) is 5.69. The summed E-state index contributed by atoms with van der Waals surface area (Å²) in [6, 6.07) is 11.7. The number of nitrogens with zero attached hydrogens (tertiary/aromatic N) is 2. The Bertz CT molecular complexity index is 806. The van der Waals surface area contributed by atoms with Crippen LogP contribution >= 0.6 is 11.3 Å². The van der Waals surface area contributed by atoms with Crippen molar-refractivity contribution in [3.63, 3.8) is 0 Å². The number of methoxy groups -OCH3 is 1. The summed E-state index contributed by atoms with van der Waals surface area (Å²) in [7, 11) is 1.69. The van der Waals surface area contributed by atoms with E-state index in [9.17, 15) is 4.79 Å². The number of rotatable bonds is 5. The lowest BCUT2D eigenvalue weighted by atomic mass is 10.2. The highest BCUT2D eigenvalue weighted by atomic mass is 32.1. The maximum atomic E-state index is 12.6. The number of ether oxygens (including phenoxy) is 1. The molecule has 26 heavy (non-hydrogen) atoms. The van der Waals surface area contributed by atoms with E-state index in [1.807, 2.05) is 30.5 Å². The van der Waals surface area contributed by atoms with Crippen LogP contribution in [0, 0.1) is 11.3 Å². The second kappa shape index (κ2) is 8.21. The Morgan fingerprint density at radius 1 is 1.35 bits per heavy atom. The lowest BCUT2D eigenvalue weighted by Crippen LogP contribution is -3.19. The minimum atomic E-state index is -0.163. The van der Waals surface area contributed by atoms with Gasteiger partial charge in [-0.2, -0.15) is 5.26 Å². The molecule has 0 spiro atoms. The van der Waals surface area contributed by atoms with Crippen LogP contribution in [0.3, 0.4) is 0 Å². The van der Waals surface area contributed by atoms with E-state index in [4.69, 9.17) is 10.00 Å². The van der Waals surface area contributed by atoms with Crippen LogP contribution in [0.5, 0.6) is 5.75 Å². The van der Waals surface area contributed by atoms with Crippen LogP contribution in [0.25, 0.3) is 0 Å². The number of hydrogen-bond acceptors (Lipinski definition) is 5. The summed E-state index contributed by atoms with van der Waals surface area (Å²) in [5.41, 5.74) is 1.62. The number of nitrogens with one attached hydrogen (secondary N) is 2. The van der Waals surface area contributed by atoms with Gasteiger partial charge >= 0.3 is 0 Å². The van der Waals surface area contributed by atoms with Gasteiger partial charge in [0.25, 0.3) is 5.91 Å². The molecule has 1 aliphatic rings. The first kappa shape index (κ1) is 18.2. The summed E-state index contributed by atoms with van der Waals surface area (Å²) < 4.78 is 5.45. The van der Waals surface area contributed by atoms with E-state index in [0.717, 1.165) is 37.6 Å². The second-order valence-electron chi connectivity index (χ2n) is 6.30. The van der Waals surface area contributed by atoms with Crippen LogP contribution in [-0.2, 0) is 4.79 Å². The first-order valence-electron chi connectivity index (χ1n) is 8.65. The fraction of sp³-hybridized carbons (Fsp3) is 0.368.